The molecule has 0 spiro atoms. The van der Waals surface area contributed by atoms with Crippen LogP contribution in [0.1, 0.15) is 38.5 Å². The largest absolute Gasteiger partial charge is 0.455 e. The van der Waals surface area contributed by atoms with E-state index in [1.54, 1.807) is 19.2 Å². The van der Waals surface area contributed by atoms with Gasteiger partial charge in [-0.2, -0.15) is 4.31 Å². The molecule has 31 heavy (non-hydrogen) atoms. The average molecular weight is 473 g/mol. The van der Waals surface area contributed by atoms with Gasteiger partial charge in [-0.05, 0) is 31.4 Å². The molecule has 1 heterocycles. The highest BCUT2D eigenvalue weighted by Crippen LogP contribution is 2.29. The smallest absolute Gasteiger partial charge is 0.310 e. The summed E-state index contributed by atoms with van der Waals surface area (Å²) in [5.41, 5.74) is 0.106. The number of sulfonamides is 1. The lowest BCUT2D eigenvalue weighted by Gasteiger charge is -2.30. The van der Waals surface area contributed by atoms with Crippen LogP contribution in [0.4, 0.5) is 5.69 Å². The van der Waals surface area contributed by atoms with Crippen molar-refractivity contribution in [3.8, 4) is 0 Å². The molecule has 2 aliphatic rings. The number of carbonyl (C=O) groups is 2. The molecule has 2 fully saturated rings. The van der Waals surface area contributed by atoms with Crippen LogP contribution in [0, 0.1) is 5.92 Å². The molecule has 0 bridgehead atoms. The van der Waals surface area contributed by atoms with Crippen LogP contribution in [0.5, 0.6) is 0 Å². The summed E-state index contributed by atoms with van der Waals surface area (Å²) < 4.78 is 55.6. The van der Waals surface area contributed by atoms with E-state index in [2.05, 4.69) is 5.32 Å². The Morgan fingerprint density at radius 3 is 2.45 bits per heavy atom. The van der Waals surface area contributed by atoms with Crippen LogP contribution in [-0.4, -0.2) is 64.2 Å². The third-order valence-electron chi connectivity index (χ3n) is 5.82. The summed E-state index contributed by atoms with van der Waals surface area (Å²) in [6.07, 6.45) is 4.85. The molecule has 1 aromatic rings. The van der Waals surface area contributed by atoms with Crippen LogP contribution in [0.15, 0.2) is 29.2 Å². The molecule has 11 heteroatoms. The minimum Gasteiger partial charge on any atom is -0.455 e. The second-order valence-corrected chi connectivity index (χ2v) is 12.3. The van der Waals surface area contributed by atoms with Crippen LogP contribution in [-0.2, 0) is 34.2 Å². The van der Waals surface area contributed by atoms with Gasteiger partial charge in [-0.15, -0.1) is 0 Å². The minimum absolute atomic E-state index is 0.0235. The molecule has 9 nitrogen and oxygen atoms in total. The number of benzene rings is 1. The van der Waals surface area contributed by atoms with E-state index in [9.17, 15) is 26.4 Å². The fourth-order valence-electron chi connectivity index (χ4n) is 4.01. The van der Waals surface area contributed by atoms with Crippen molar-refractivity contribution in [3.63, 3.8) is 0 Å². The average Bonchev–Trinajstić information content (AvgIpc) is 3.12. The first-order valence-electron chi connectivity index (χ1n) is 10.3. The molecule has 1 atom stereocenters. The summed E-state index contributed by atoms with van der Waals surface area (Å²) in [5.74, 6) is -2.55. The molecule has 1 saturated carbocycles. The van der Waals surface area contributed by atoms with Crippen LogP contribution in [0.2, 0.25) is 0 Å². The first-order valence-corrected chi connectivity index (χ1v) is 13.6. The quantitative estimate of drug-likeness (QED) is 0.597. The zero-order valence-corrected chi connectivity index (χ0v) is 19.1. The summed E-state index contributed by atoms with van der Waals surface area (Å²) in [5, 5.41) is 2.50. The van der Waals surface area contributed by atoms with Gasteiger partial charge < -0.3 is 10.1 Å². The van der Waals surface area contributed by atoms with E-state index in [0.717, 1.165) is 32.1 Å². The Balaban J connectivity index is 1.64. The Hall–Kier alpha value is -1.98. The van der Waals surface area contributed by atoms with Crippen LogP contribution in [0.25, 0.3) is 0 Å². The summed E-state index contributed by atoms with van der Waals surface area (Å²) in [7, 11) is -5.51. The van der Waals surface area contributed by atoms with Crippen molar-refractivity contribution in [1.29, 1.82) is 0 Å². The van der Waals surface area contributed by atoms with E-state index in [0.29, 0.717) is 0 Å². The third-order valence-corrected chi connectivity index (χ3v) is 9.55. The lowest BCUT2D eigenvalue weighted by atomic mass is 9.96. The number of rotatable bonds is 7. The Morgan fingerprint density at radius 1 is 1.13 bits per heavy atom. The number of sulfone groups is 1. The van der Waals surface area contributed by atoms with Gasteiger partial charge >= 0.3 is 5.97 Å². The van der Waals surface area contributed by atoms with Crippen molar-refractivity contribution in [3.05, 3.63) is 24.3 Å². The molecule has 1 unspecified atom stereocenters. The van der Waals surface area contributed by atoms with Gasteiger partial charge in [0.15, 0.2) is 16.4 Å². The first-order chi connectivity index (χ1) is 14.6. The van der Waals surface area contributed by atoms with E-state index in [1.807, 2.05) is 0 Å². The summed E-state index contributed by atoms with van der Waals surface area (Å²) in [4.78, 5) is 24.3. The monoisotopic (exact) mass is 472 g/mol. The van der Waals surface area contributed by atoms with E-state index in [1.165, 1.54) is 16.4 Å². The molecule has 1 aliphatic carbocycles. The Bertz CT molecular complexity index is 1030. The van der Waals surface area contributed by atoms with E-state index in [-0.39, 0.29) is 34.6 Å². The summed E-state index contributed by atoms with van der Waals surface area (Å²) in [6.45, 7) is -0.623. The highest BCUT2D eigenvalue weighted by Gasteiger charge is 2.34. The molecule has 0 aromatic heterocycles. The lowest BCUT2D eigenvalue weighted by molar-refractivity contribution is -0.150. The van der Waals surface area contributed by atoms with Gasteiger partial charge in [0.2, 0.25) is 10.0 Å². The number of amides is 1. The number of carbonyl (C=O) groups excluding carboxylic acids is 2. The number of nitrogens with zero attached hydrogens (tertiary/aromatic N) is 1. The zero-order valence-electron chi connectivity index (χ0n) is 17.4. The maximum absolute atomic E-state index is 13.2. The maximum Gasteiger partial charge on any atom is 0.310 e. The van der Waals surface area contributed by atoms with Gasteiger partial charge in [0.25, 0.3) is 5.91 Å². The molecule has 172 valence electrons. The fourth-order valence-corrected chi connectivity index (χ4v) is 7.30. The summed E-state index contributed by atoms with van der Waals surface area (Å²) in [6, 6.07) is 6.01. The molecule has 0 radical (unpaired) electrons. The van der Waals surface area contributed by atoms with Gasteiger partial charge in [-0.1, -0.05) is 31.4 Å². The fraction of sp³-hybridized carbons (Fsp3) is 0.600. The van der Waals surface area contributed by atoms with Crippen molar-refractivity contribution >= 4 is 37.4 Å². The highest BCUT2D eigenvalue weighted by molar-refractivity contribution is 7.91. The number of hydrogen-bond donors (Lipinski definition) is 1. The van der Waals surface area contributed by atoms with E-state index < -0.39 is 44.3 Å². The SMILES string of the molecule is CN(C1CCCCC1)S(=O)(=O)c1ccccc1NC(=O)COC(=O)C1CCS(=O)(=O)C1. The summed E-state index contributed by atoms with van der Waals surface area (Å²) >= 11 is 0. The second kappa shape index (κ2) is 9.66. The number of para-hydroxylation sites is 1. The Morgan fingerprint density at radius 2 is 1.81 bits per heavy atom. The molecule has 3 rings (SSSR count). The first kappa shape index (κ1) is 23.7. The van der Waals surface area contributed by atoms with Crippen LogP contribution >= 0.6 is 0 Å². The van der Waals surface area contributed by atoms with Crippen molar-refractivity contribution in [2.45, 2.75) is 49.5 Å². The Kier molecular flexibility index (Phi) is 7.38. The number of anilines is 1. The second-order valence-electron chi connectivity index (χ2n) is 8.07. The number of ether oxygens (including phenoxy) is 1. The predicted octanol–water partition coefficient (Wildman–Crippen LogP) is 1.56. The normalized spacial score (nSPS) is 21.7. The lowest BCUT2D eigenvalue weighted by Crippen LogP contribution is -2.38. The van der Waals surface area contributed by atoms with Gasteiger partial charge in [0.1, 0.15) is 4.90 Å². The third kappa shape index (κ3) is 5.83. The number of nitrogens with one attached hydrogen (secondary N) is 1. The van der Waals surface area contributed by atoms with Crippen LogP contribution in [0.3, 0.4) is 0 Å². The van der Waals surface area contributed by atoms with Crippen molar-refractivity contribution in [1.82, 2.24) is 4.31 Å². The molecule has 1 saturated heterocycles. The topological polar surface area (TPSA) is 127 Å². The van der Waals surface area contributed by atoms with Gasteiger partial charge in [-0.25, -0.2) is 16.8 Å². The standard InChI is InChI=1S/C20H28N2O7S2/c1-22(16-7-3-2-4-8-16)31(27,28)18-10-6-5-9-17(18)21-19(23)13-29-20(24)15-11-12-30(25,26)14-15/h5-6,9-10,15-16H,2-4,7-8,11-14H2,1H3,(H,21,23). The highest BCUT2D eigenvalue weighted by atomic mass is 32.2. The minimum atomic E-state index is -3.83. The van der Waals surface area contributed by atoms with Gasteiger partial charge in [0, 0.05) is 13.1 Å². The molecule has 1 aromatic carbocycles. The Labute approximate surface area is 183 Å². The predicted molar refractivity (Wildman–Crippen MR) is 115 cm³/mol. The molecular formula is C20H28N2O7S2. The number of hydrogen-bond acceptors (Lipinski definition) is 7. The van der Waals surface area contributed by atoms with Crippen molar-refractivity contribution in [2.24, 2.45) is 5.92 Å². The van der Waals surface area contributed by atoms with Crippen molar-refractivity contribution in [2.75, 3.05) is 30.5 Å². The number of esters is 1. The molecule has 1 aliphatic heterocycles. The van der Waals surface area contributed by atoms with E-state index >= 15 is 0 Å². The molecule has 1 N–H and O–H groups in total. The van der Waals surface area contributed by atoms with Crippen LogP contribution < -0.4 is 5.32 Å². The molecule has 1 amide bonds. The van der Waals surface area contributed by atoms with Gasteiger partial charge in [0.05, 0.1) is 23.1 Å². The van der Waals surface area contributed by atoms with E-state index in [4.69, 9.17) is 4.74 Å². The maximum atomic E-state index is 13.2. The zero-order chi connectivity index (χ0) is 22.6. The van der Waals surface area contributed by atoms with Gasteiger partial charge in [-0.3, -0.25) is 9.59 Å². The molecular weight excluding hydrogens is 444 g/mol. The van der Waals surface area contributed by atoms with Crippen molar-refractivity contribution < 1.29 is 31.2 Å².